The first-order valence-electron chi connectivity index (χ1n) is 18.1. The molecule has 4 heterocycles. The van der Waals surface area contributed by atoms with Gasteiger partial charge >= 0.3 is 24.0 Å². The van der Waals surface area contributed by atoms with Crippen molar-refractivity contribution in [2.75, 3.05) is 26.2 Å². The number of hydrogen-bond donors (Lipinski definition) is 6. The summed E-state index contributed by atoms with van der Waals surface area (Å²) in [6, 6.07) is 6.38. The van der Waals surface area contributed by atoms with Gasteiger partial charge in [-0.2, -0.15) is 5.48 Å². The van der Waals surface area contributed by atoms with Gasteiger partial charge in [0.15, 0.2) is 0 Å². The van der Waals surface area contributed by atoms with Gasteiger partial charge in [-0.15, -0.1) is 24.0 Å². The summed E-state index contributed by atoms with van der Waals surface area (Å²) in [5.41, 5.74) is 3.38. The fourth-order valence-corrected chi connectivity index (χ4v) is 4.63. The third-order valence-electron chi connectivity index (χ3n) is 7.87. The Morgan fingerprint density at radius 3 is 1.41 bits per heavy atom. The van der Waals surface area contributed by atoms with E-state index in [4.69, 9.17) is 25.0 Å². The quantitative estimate of drug-likeness (QED) is 0.141. The average molecular weight is 991 g/mol. The van der Waals surface area contributed by atoms with E-state index in [9.17, 15) is 38.4 Å². The van der Waals surface area contributed by atoms with Crippen LogP contribution in [0.5, 0.6) is 0 Å². The molecule has 4 saturated heterocycles. The second-order valence-electron chi connectivity index (χ2n) is 12.7. The third-order valence-corrected chi connectivity index (χ3v) is 7.87. The van der Waals surface area contributed by atoms with Crippen molar-refractivity contribution in [2.45, 2.75) is 118 Å². The molecule has 5 rings (SSSR count). The zero-order valence-electron chi connectivity index (χ0n) is 34.2. The van der Waals surface area contributed by atoms with Gasteiger partial charge in [0.1, 0.15) is 29.8 Å². The number of carbonyl (C=O) groups is 8. The SMILES string of the molecule is CC.CC.CC(=O)N1CCC1C(=O)NO.CC(=O)N1CCC1C(=O)NOC(=O)c1ccccc1.CC(C)(C)OC(=O)N1CCC1C(=O)O.I.O=C(O)C1CCN1.[Ar].[Ar]. The van der Waals surface area contributed by atoms with E-state index < -0.39 is 59.5 Å². The Bertz CT molecular complexity index is 1450. The number of nitrogens with zero attached hydrogens (tertiary/aromatic N) is 3. The number of carboxylic acid groups (broad SMARTS) is 2. The van der Waals surface area contributed by atoms with Gasteiger partial charge in [0.05, 0.1) is 5.56 Å². The van der Waals surface area contributed by atoms with Crippen molar-refractivity contribution in [3.63, 3.8) is 0 Å². The van der Waals surface area contributed by atoms with Crippen molar-refractivity contribution >= 4 is 71.6 Å². The summed E-state index contributed by atoms with van der Waals surface area (Å²) in [6.07, 6.45) is 1.96. The van der Waals surface area contributed by atoms with Crippen molar-refractivity contribution < 1.29 is 139 Å². The van der Waals surface area contributed by atoms with Crippen LogP contribution in [0.2, 0.25) is 0 Å². The van der Waals surface area contributed by atoms with Crippen LogP contribution < -0.4 is 16.3 Å². The van der Waals surface area contributed by atoms with E-state index in [1.807, 2.05) is 27.7 Å². The number of carbonyl (C=O) groups excluding carboxylic acids is 6. The molecule has 1 aromatic carbocycles. The maximum atomic E-state index is 11.7. The van der Waals surface area contributed by atoms with Gasteiger partial charge in [0, 0.05) is 109 Å². The summed E-state index contributed by atoms with van der Waals surface area (Å²) in [7, 11) is 0. The van der Waals surface area contributed by atoms with Crippen LogP contribution in [0.15, 0.2) is 30.3 Å². The summed E-state index contributed by atoms with van der Waals surface area (Å²) < 4.78 is 5.05. The standard InChI is InChI=1S/C13H14N2O4.C9H15NO4.C6H10N2O3.C4H7NO2.2C2H6.2Ar.HI/c1-9(16)15-8-7-11(15)12(17)14-19-13(18)10-5-3-2-4-6-10;1-9(2,3)14-8(13)10-5-4-6(10)7(11)12;1-4(9)8-3-2-5(8)6(10)7-11;6-4(7)3-1-2-5-3;2*1-2;;;/h2-6,11H,7-8H2,1H3,(H,14,17);6H,4-5H2,1-3H3,(H,11,12);5,11H,2-3H2,1H3,(H,7,10);3,5H,1-2H2,(H,6,7);2*1-2H3;;;1H. The first-order chi connectivity index (χ1) is 25.9. The van der Waals surface area contributed by atoms with Crippen molar-refractivity contribution in [1.82, 2.24) is 31.0 Å². The maximum absolute atomic E-state index is 11.7. The number of benzene rings is 1. The molecule has 4 unspecified atom stereocenters. The first kappa shape index (κ1) is 62.6. The molecule has 6 N–H and O–H groups in total. The van der Waals surface area contributed by atoms with Crippen molar-refractivity contribution in [3.8, 4) is 0 Å². The van der Waals surface area contributed by atoms with Gasteiger partial charge in [0.25, 0.3) is 11.8 Å². The molecular formula is C36H59Ar2IN6O13. The van der Waals surface area contributed by atoms with Crippen LogP contribution >= 0.6 is 24.0 Å². The predicted molar refractivity (Wildman–Crippen MR) is 213 cm³/mol. The first-order valence-corrected chi connectivity index (χ1v) is 18.1. The van der Waals surface area contributed by atoms with E-state index >= 15 is 0 Å². The van der Waals surface area contributed by atoms with Crippen LogP contribution in [0.4, 0.5) is 4.79 Å². The molecule has 0 spiro atoms. The monoisotopic (exact) mass is 990 g/mol. The minimum atomic E-state index is -0.970. The van der Waals surface area contributed by atoms with E-state index in [1.54, 1.807) is 51.1 Å². The summed E-state index contributed by atoms with van der Waals surface area (Å²) >= 11 is 0. The van der Waals surface area contributed by atoms with E-state index in [2.05, 4.69) is 10.8 Å². The molecule has 4 fully saturated rings. The van der Waals surface area contributed by atoms with Gasteiger partial charge in [-0.25, -0.2) is 19.9 Å². The fourth-order valence-electron chi connectivity index (χ4n) is 4.63. The number of ether oxygens (including phenoxy) is 1. The van der Waals surface area contributed by atoms with E-state index in [0.29, 0.717) is 44.5 Å². The molecule has 0 aromatic heterocycles. The van der Waals surface area contributed by atoms with Gasteiger partial charge in [-0.05, 0) is 65.1 Å². The Morgan fingerprint density at radius 2 is 1.14 bits per heavy atom. The topological polar surface area (TPSA) is 262 Å². The largest absolute Gasteiger partial charge is 0.480 e. The second-order valence-corrected chi connectivity index (χ2v) is 12.7. The summed E-state index contributed by atoms with van der Waals surface area (Å²) in [6.45, 7) is 18.5. The molecule has 0 aliphatic carbocycles. The molecule has 0 bridgehead atoms. The van der Waals surface area contributed by atoms with E-state index in [-0.39, 0.29) is 117 Å². The average Bonchev–Trinajstić information content (AvgIpc) is 3.02. The summed E-state index contributed by atoms with van der Waals surface area (Å²) in [5.74, 6) is -3.63. The van der Waals surface area contributed by atoms with Crippen LogP contribution in [0.1, 0.15) is 98.4 Å². The number of hydrogen-bond acceptors (Lipinski definition) is 12. The number of nitrogens with one attached hydrogen (secondary N) is 3. The number of carboxylic acids is 2. The van der Waals surface area contributed by atoms with Crippen LogP contribution in [0.3, 0.4) is 0 Å². The predicted octanol–water partition coefficient (Wildman–Crippen LogP) is 2.79. The molecule has 0 saturated carbocycles. The molecule has 4 atom stereocenters. The number of amides is 5. The number of hydroxylamine groups is 2. The van der Waals surface area contributed by atoms with Crippen molar-refractivity contribution in [1.29, 1.82) is 0 Å². The number of likely N-dealkylation sites (tertiary alicyclic amines) is 3. The number of halogens is 1. The van der Waals surface area contributed by atoms with Crippen molar-refractivity contribution in [2.24, 2.45) is 0 Å². The molecule has 0 radical (unpaired) electrons. The Balaban J connectivity index is -0.000000334. The third kappa shape index (κ3) is 22.0. The molecule has 58 heavy (non-hydrogen) atoms. The van der Waals surface area contributed by atoms with Crippen LogP contribution in [0.25, 0.3) is 0 Å². The Labute approximate surface area is 416 Å². The molecule has 22 heteroatoms. The fraction of sp³-hybridized carbons (Fsp3) is 0.611. The summed E-state index contributed by atoms with van der Waals surface area (Å²) in [4.78, 5) is 96.6. The van der Waals surface area contributed by atoms with E-state index in [1.165, 1.54) is 34.0 Å². The Kier molecular flexibility index (Phi) is 35.3. The van der Waals surface area contributed by atoms with Gasteiger partial charge < -0.3 is 34.9 Å². The van der Waals surface area contributed by atoms with Crippen molar-refractivity contribution in [3.05, 3.63) is 35.9 Å². The molecule has 334 valence electrons. The normalized spacial score (nSPS) is 18.8. The number of rotatable bonds is 5. The zero-order chi connectivity index (χ0) is 42.5. The zero-order valence-corrected chi connectivity index (χ0v) is 38.0. The van der Waals surface area contributed by atoms with Gasteiger partial charge in [0.2, 0.25) is 11.8 Å². The molecule has 1 aromatic rings. The molecule has 5 amide bonds. The smallest absolute Gasteiger partial charge is 0.411 e. The Morgan fingerprint density at radius 1 is 0.707 bits per heavy atom. The van der Waals surface area contributed by atoms with Gasteiger partial charge in [-0.3, -0.25) is 34.1 Å². The van der Waals surface area contributed by atoms with E-state index in [0.717, 1.165) is 13.0 Å². The minimum absolute atomic E-state index is 0. The number of aliphatic carboxylic acids is 2. The maximum Gasteiger partial charge on any atom is 0.411 e. The van der Waals surface area contributed by atoms with Crippen LogP contribution in [-0.2, 0) is 38.3 Å². The van der Waals surface area contributed by atoms with Crippen LogP contribution in [-0.4, -0.2) is 134 Å². The molecular weight excluding hydrogens is 931 g/mol. The second kappa shape index (κ2) is 32.7. The summed E-state index contributed by atoms with van der Waals surface area (Å²) in [5, 5.41) is 27.8. The molecule has 19 nitrogen and oxygen atoms in total. The Hall–Kier alpha value is -2.05. The minimum Gasteiger partial charge on any atom is -0.480 e. The molecule has 4 aliphatic rings. The van der Waals surface area contributed by atoms with Crippen LogP contribution in [0, 0.1) is 75.5 Å². The molecule has 4 aliphatic heterocycles. The van der Waals surface area contributed by atoms with Gasteiger partial charge in [-0.1, -0.05) is 45.9 Å².